The van der Waals surface area contributed by atoms with Crippen LogP contribution in [0, 0.1) is 13.8 Å². The second kappa shape index (κ2) is 10.9. The Morgan fingerprint density at radius 2 is 1.76 bits per heavy atom. The Morgan fingerprint density at radius 3 is 2.50 bits per heavy atom. The Kier molecular flexibility index (Phi) is 7.26. The lowest BCUT2D eigenvalue weighted by molar-refractivity contribution is 0.102. The van der Waals surface area contributed by atoms with Crippen molar-refractivity contribution in [3.63, 3.8) is 0 Å². The molecule has 0 saturated heterocycles. The number of phenolic OH excluding ortho intramolecular Hbond substituents is 1. The summed E-state index contributed by atoms with van der Waals surface area (Å²) in [6.45, 7) is 4.31. The number of carbonyl (C=O) groups is 2. The molecule has 2 amide bonds. The number of carbonyl (C=O) groups excluding carboxylic acids is 2. The van der Waals surface area contributed by atoms with Crippen molar-refractivity contribution in [3.8, 4) is 17.0 Å². The highest BCUT2D eigenvalue weighted by Crippen LogP contribution is 2.38. The first kappa shape index (κ1) is 25.3. The molecular formula is C31H32N4O3. The number of nitrogens with zero attached hydrogens (tertiary/aromatic N) is 2. The number of aromatic nitrogens is 2. The molecule has 1 saturated carbocycles. The molecule has 1 aromatic heterocycles. The van der Waals surface area contributed by atoms with Crippen LogP contribution in [0.1, 0.15) is 64.3 Å². The zero-order valence-electron chi connectivity index (χ0n) is 21.7. The van der Waals surface area contributed by atoms with Gasteiger partial charge in [-0.2, -0.15) is 9.78 Å². The van der Waals surface area contributed by atoms with Crippen molar-refractivity contribution >= 4 is 17.6 Å². The molecule has 194 valence electrons. The number of amides is 2. The fourth-order valence-corrected chi connectivity index (χ4v) is 5.13. The number of anilines is 1. The largest absolute Gasteiger partial charge is 0.507 e. The monoisotopic (exact) mass is 508 g/mol. The first-order chi connectivity index (χ1) is 18.4. The predicted molar refractivity (Wildman–Crippen MR) is 148 cm³/mol. The Bertz CT molecular complexity index is 1480. The Balaban J connectivity index is 1.38. The standard InChI is InChI=1S/C31H32N4O3/c1-20-8-7-10-22(16-20)19-32-31(38)35-28(23-11-4-5-12-23)18-27(34-35)26-15-14-24(17-29(26)36)33-30(37)25-13-6-3-9-21(25)2/h3,6-10,13-18,23,36H,4-5,11-12,19H2,1-2H3,(H,32,38)(H,33,37). The van der Waals surface area contributed by atoms with Gasteiger partial charge in [-0.1, -0.05) is 60.9 Å². The highest BCUT2D eigenvalue weighted by molar-refractivity contribution is 6.05. The average molecular weight is 509 g/mol. The molecule has 1 aliphatic rings. The second-order valence-corrected chi connectivity index (χ2v) is 10.00. The van der Waals surface area contributed by atoms with Gasteiger partial charge in [0.1, 0.15) is 5.75 Å². The number of hydrogen-bond acceptors (Lipinski definition) is 4. The second-order valence-electron chi connectivity index (χ2n) is 10.00. The van der Waals surface area contributed by atoms with Gasteiger partial charge in [-0.3, -0.25) is 4.79 Å². The summed E-state index contributed by atoms with van der Waals surface area (Å²) in [5.74, 6) is -0.0144. The molecule has 4 aromatic rings. The maximum absolute atomic E-state index is 13.2. The van der Waals surface area contributed by atoms with E-state index in [1.54, 1.807) is 18.2 Å². The SMILES string of the molecule is Cc1cccc(CNC(=O)n2nc(-c3ccc(NC(=O)c4ccccc4C)cc3O)cc2C2CCCC2)c1. The molecule has 38 heavy (non-hydrogen) atoms. The normalized spacial score (nSPS) is 13.4. The van der Waals surface area contributed by atoms with E-state index in [0.29, 0.717) is 29.1 Å². The maximum Gasteiger partial charge on any atom is 0.342 e. The third kappa shape index (κ3) is 5.47. The zero-order chi connectivity index (χ0) is 26.6. The van der Waals surface area contributed by atoms with E-state index in [4.69, 9.17) is 0 Å². The molecule has 7 heteroatoms. The van der Waals surface area contributed by atoms with Crippen LogP contribution in [0.25, 0.3) is 11.3 Å². The summed E-state index contributed by atoms with van der Waals surface area (Å²) in [6.07, 6.45) is 4.26. The summed E-state index contributed by atoms with van der Waals surface area (Å²) < 4.78 is 1.45. The van der Waals surface area contributed by atoms with Crippen LogP contribution >= 0.6 is 0 Å². The number of benzene rings is 3. The quantitative estimate of drug-likeness (QED) is 0.275. The highest BCUT2D eigenvalue weighted by Gasteiger charge is 2.26. The Hall–Kier alpha value is -4.39. The lowest BCUT2D eigenvalue weighted by atomic mass is 10.0. The van der Waals surface area contributed by atoms with E-state index in [9.17, 15) is 14.7 Å². The molecular weight excluding hydrogens is 476 g/mol. The fourth-order valence-electron chi connectivity index (χ4n) is 5.13. The fraction of sp³-hybridized carbons (Fsp3) is 0.258. The minimum atomic E-state index is -0.290. The summed E-state index contributed by atoms with van der Waals surface area (Å²) in [6, 6.07) is 22.0. The van der Waals surface area contributed by atoms with E-state index < -0.39 is 0 Å². The predicted octanol–water partition coefficient (Wildman–Crippen LogP) is 6.54. The van der Waals surface area contributed by atoms with Crippen LogP contribution in [0.2, 0.25) is 0 Å². The summed E-state index contributed by atoms with van der Waals surface area (Å²) in [5.41, 5.74) is 5.97. The molecule has 0 atom stereocenters. The third-order valence-electron chi connectivity index (χ3n) is 7.15. The van der Waals surface area contributed by atoms with Gasteiger partial charge in [0.2, 0.25) is 0 Å². The number of hydrogen-bond donors (Lipinski definition) is 3. The van der Waals surface area contributed by atoms with Gasteiger partial charge in [-0.15, -0.1) is 0 Å². The highest BCUT2D eigenvalue weighted by atomic mass is 16.3. The van der Waals surface area contributed by atoms with E-state index in [-0.39, 0.29) is 23.6 Å². The van der Waals surface area contributed by atoms with Crippen molar-refractivity contribution in [1.29, 1.82) is 0 Å². The number of aromatic hydroxyl groups is 1. The van der Waals surface area contributed by atoms with Crippen LogP contribution in [0.4, 0.5) is 10.5 Å². The molecule has 0 radical (unpaired) electrons. The van der Waals surface area contributed by atoms with Gasteiger partial charge in [0, 0.05) is 35.3 Å². The molecule has 7 nitrogen and oxygen atoms in total. The van der Waals surface area contributed by atoms with Crippen molar-refractivity contribution in [1.82, 2.24) is 15.1 Å². The molecule has 1 fully saturated rings. The summed E-state index contributed by atoms with van der Waals surface area (Å²) in [5, 5.41) is 21.3. The lowest BCUT2D eigenvalue weighted by Crippen LogP contribution is -2.30. The summed E-state index contributed by atoms with van der Waals surface area (Å²) >= 11 is 0. The summed E-state index contributed by atoms with van der Waals surface area (Å²) in [7, 11) is 0. The van der Waals surface area contributed by atoms with Gasteiger partial charge in [0.05, 0.1) is 11.4 Å². The van der Waals surface area contributed by atoms with E-state index in [1.807, 2.05) is 62.4 Å². The molecule has 0 bridgehead atoms. The molecule has 0 aliphatic heterocycles. The van der Waals surface area contributed by atoms with Crippen molar-refractivity contribution in [2.75, 3.05) is 5.32 Å². The number of phenols is 1. The van der Waals surface area contributed by atoms with Gasteiger partial charge in [-0.05, 0) is 62.1 Å². The van der Waals surface area contributed by atoms with Crippen molar-refractivity contribution in [3.05, 3.63) is 101 Å². The van der Waals surface area contributed by atoms with E-state index in [2.05, 4.69) is 15.7 Å². The zero-order valence-corrected chi connectivity index (χ0v) is 21.7. The van der Waals surface area contributed by atoms with Crippen LogP contribution < -0.4 is 10.6 Å². The maximum atomic E-state index is 13.2. The Morgan fingerprint density at radius 1 is 0.974 bits per heavy atom. The molecule has 3 aromatic carbocycles. The molecule has 1 aliphatic carbocycles. The topological polar surface area (TPSA) is 96.3 Å². The first-order valence-electron chi connectivity index (χ1n) is 13.0. The van der Waals surface area contributed by atoms with Crippen LogP contribution in [-0.2, 0) is 6.54 Å². The van der Waals surface area contributed by atoms with Crippen LogP contribution in [0.5, 0.6) is 5.75 Å². The lowest BCUT2D eigenvalue weighted by Gasteiger charge is -2.12. The first-order valence-corrected chi connectivity index (χ1v) is 13.0. The van der Waals surface area contributed by atoms with Gasteiger partial charge < -0.3 is 15.7 Å². The van der Waals surface area contributed by atoms with Crippen molar-refractivity contribution in [2.24, 2.45) is 0 Å². The summed E-state index contributed by atoms with van der Waals surface area (Å²) in [4.78, 5) is 25.9. The molecule has 0 spiro atoms. The number of nitrogens with one attached hydrogen (secondary N) is 2. The smallest absolute Gasteiger partial charge is 0.342 e. The van der Waals surface area contributed by atoms with Crippen LogP contribution in [0.3, 0.4) is 0 Å². The minimum Gasteiger partial charge on any atom is -0.507 e. The molecule has 1 heterocycles. The van der Waals surface area contributed by atoms with Gasteiger partial charge in [0.15, 0.2) is 0 Å². The minimum absolute atomic E-state index is 0.0182. The van der Waals surface area contributed by atoms with E-state index in [1.165, 1.54) is 10.7 Å². The van der Waals surface area contributed by atoms with Gasteiger partial charge >= 0.3 is 6.03 Å². The van der Waals surface area contributed by atoms with Crippen molar-refractivity contribution in [2.45, 2.75) is 52.0 Å². The van der Waals surface area contributed by atoms with E-state index >= 15 is 0 Å². The average Bonchev–Trinajstić information content (AvgIpc) is 3.58. The number of aryl methyl sites for hydroxylation is 2. The molecule has 0 unspecified atom stereocenters. The van der Waals surface area contributed by atoms with Crippen LogP contribution in [-0.4, -0.2) is 26.8 Å². The van der Waals surface area contributed by atoms with E-state index in [0.717, 1.165) is 48.1 Å². The van der Waals surface area contributed by atoms with Crippen molar-refractivity contribution < 1.29 is 14.7 Å². The van der Waals surface area contributed by atoms with Crippen LogP contribution in [0.15, 0.2) is 72.8 Å². The Labute approximate surface area is 222 Å². The van der Waals surface area contributed by atoms with Gasteiger partial charge in [-0.25, -0.2) is 4.79 Å². The molecule has 3 N–H and O–H groups in total. The van der Waals surface area contributed by atoms with Gasteiger partial charge in [0.25, 0.3) is 5.91 Å². The third-order valence-corrected chi connectivity index (χ3v) is 7.15. The molecule has 5 rings (SSSR count). The number of rotatable bonds is 6.